The zero-order valence-electron chi connectivity index (χ0n) is 9.55. The van der Waals surface area contributed by atoms with Gasteiger partial charge < -0.3 is 10.4 Å². The standard InChI is InChI=1S/C11H17N3O2/c1-9(11(15)16)4-6-12-10(2)8-14-7-3-5-13-14/h3-5,7,10,12H,6,8H2,1-2H3,(H,15,16)/b9-4-. The van der Waals surface area contributed by atoms with Gasteiger partial charge in [-0.2, -0.15) is 5.10 Å². The molecule has 1 rings (SSSR count). The van der Waals surface area contributed by atoms with Crippen molar-refractivity contribution < 1.29 is 9.90 Å². The normalized spacial score (nSPS) is 13.8. The SMILES string of the molecule is C/C(=C/CNC(C)Cn1cccn1)C(=O)O. The largest absolute Gasteiger partial charge is 0.478 e. The maximum atomic E-state index is 10.5. The predicted octanol–water partition coefficient (Wildman–Crippen LogP) is 0.892. The van der Waals surface area contributed by atoms with Gasteiger partial charge in [0.1, 0.15) is 0 Å². The number of hydrogen-bond donors (Lipinski definition) is 2. The molecule has 0 aromatic carbocycles. The lowest BCUT2D eigenvalue weighted by Crippen LogP contribution is -2.30. The molecule has 1 atom stereocenters. The maximum absolute atomic E-state index is 10.5. The van der Waals surface area contributed by atoms with Crippen molar-refractivity contribution in [2.75, 3.05) is 6.54 Å². The molecular formula is C11H17N3O2. The Balaban J connectivity index is 2.28. The van der Waals surface area contributed by atoms with E-state index in [1.165, 1.54) is 0 Å². The highest BCUT2D eigenvalue weighted by Gasteiger charge is 2.02. The average Bonchev–Trinajstić information content (AvgIpc) is 2.70. The number of hydrogen-bond acceptors (Lipinski definition) is 3. The molecule has 1 aromatic heterocycles. The van der Waals surface area contributed by atoms with Crippen LogP contribution in [0.15, 0.2) is 30.1 Å². The summed E-state index contributed by atoms with van der Waals surface area (Å²) in [5.41, 5.74) is 0.360. The van der Waals surface area contributed by atoms with E-state index in [0.29, 0.717) is 12.1 Å². The number of nitrogens with zero attached hydrogens (tertiary/aromatic N) is 2. The molecule has 0 aliphatic rings. The second-order valence-corrected chi connectivity index (χ2v) is 3.73. The smallest absolute Gasteiger partial charge is 0.330 e. The number of carboxylic acids is 1. The van der Waals surface area contributed by atoms with Crippen LogP contribution in [0, 0.1) is 0 Å². The van der Waals surface area contributed by atoms with Gasteiger partial charge in [0.05, 0.1) is 6.54 Å². The molecule has 0 amide bonds. The maximum Gasteiger partial charge on any atom is 0.330 e. The Morgan fingerprint density at radius 1 is 1.69 bits per heavy atom. The molecule has 2 N–H and O–H groups in total. The molecule has 0 saturated heterocycles. The van der Waals surface area contributed by atoms with Crippen LogP contribution < -0.4 is 5.32 Å². The first-order valence-electron chi connectivity index (χ1n) is 5.20. The van der Waals surface area contributed by atoms with E-state index in [9.17, 15) is 4.79 Å². The lowest BCUT2D eigenvalue weighted by atomic mass is 10.2. The molecule has 0 bridgehead atoms. The summed E-state index contributed by atoms with van der Waals surface area (Å²) in [6.45, 7) is 4.95. The van der Waals surface area contributed by atoms with Gasteiger partial charge in [0, 0.05) is 30.6 Å². The Morgan fingerprint density at radius 2 is 2.44 bits per heavy atom. The van der Waals surface area contributed by atoms with E-state index in [2.05, 4.69) is 10.4 Å². The van der Waals surface area contributed by atoms with E-state index < -0.39 is 5.97 Å². The second kappa shape index (κ2) is 6.07. The number of rotatable bonds is 6. The highest BCUT2D eigenvalue weighted by atomic mass is 16.4. The Labute approximate surface area is 94.8 Å². The van der Waals surface area contributed by atoms with Gasteiger partial charge in [0.25, 0.3) is 0 Å². The summed E-state index contributed by atoms with van der Waals surface area (Å²) in [7, 11) is 0. The van der Waals surface area contributed by atoms with Gasteiger partial charge >= 0.3 is 5.97 Å². The molecule has 1 heterocycles. The first-order chi connectivity index (χ1) is 7.59. The number of carbonyl (C=O) groups is 1. The number of aliphatic carboxylic acids is 1. The van der Waals surface area contributed by atoms with Crippen molar-refractivity contribution in [1.29, 1.82) is 0 Å². The first-order valence-corrected chi connectivity index (χ1v) is 5.20. The van der Waals surface area contributed by atoms with Crippen molar-refractivity contribution in [3.63, 3.8) is 0 Å². The fourth-order valence-electron chi connectivity index (χ4n) is 1.25. The molecule has 16 heavy (non-hydrogen) atoms. The minimum Gasteiger partial charge on any atom is -0.478 e. The Morgan fingerprint density at radius 3 is 3.00 bits per heavy atom. The third-order valence-corrected chi connectivity index (χ3v) is 2.23. The molecule has 0 fully saturated rings. The molecule has 0 spiro atoms. The molecule has 88 valence electrons. The molecule has 0 radical (unpaired) electrons. The van der Waals surface area contributed by atoms with Crippen molar-refractivity contribution in [3.05, 3.63) is 30.1 Å². The summed E-state index contributed by atoms with van der Waals surface area (Å²) >= 11 is 0. The van der Waals surface area contributed by atoms with Crippen molar-refractivity contribution in [2.45, 2.75) is 26.4 Å². The Kier molecular flexibility index (Phi) is 4.72. The van der Waals surface area contributed by atoms with Crippen molar-refractivity contribution in [3.8, 4) is 0 Å². The zero-order chi connectivity index (χ0) is 12.0. The van der Waals surface area contributed by atoms with Crippen LogP contribution in [-0.2, 0) is 11.3 Å². The average molecular weight is 223 g/mol. The van der Waals surface area contributed by atoms with Gasteiger partial charge in [-0.3, -0.25) is 4.68 Å². The second-order valence-electron chi connectivity index (χ2n) is 3.73. The van der Waals surface area contributed by atoms with E-state index in [1.807, 2.05) is 23.9 Å². The number of carboxylic acid groups (broad SMARTS) is 1. The van der Waals surface area contributed by atoms with Crippen LogP contribution >= 0.6 is 0 Å². The summed E-state index contributed by atoms with van der Waals surface area (Å²) in [6, 6.07) is 2.12. The fourth-order valence-corrected chi connectivity index (χ4v) is 1.25. The Bertz CT molecular complexity index is 357. The van der Waals surface area contributed by atoms with Gasteiger partial charge in [0.15, 0.2) is 0 Å². The minimum atomic E-state index is -0.874. The topological polar surface area (TPSA) is 67.2 Å². The van der Waals surface area contributed by atoms with Gasteiger partial charge in [-0.25, -0.2) is 4.79 Å². The summed E-state index contributed by atoms with van der Waals surface area (Å²) in [6.07, 6.45) is 5.31. The van der Waals surface area contributed by atoms with Crippen LogP contribution in [0.4, 0.5) is 0 Å². The summed E-state index contributed by atoms with van der Waals surface area (Å²) in [5.74, 6) is -0.874. The van der Waals surface area contributed by atoms with Crippen LogP contribution in [0.25, 0.3) is 0 Å². The highest BCUT2D eigenvalue weighted by molar-refractivity contribution is 5.85. The van der Waals surface area contributed by atoms with Crippen molar-refractivity contribution >= 4 is 5.97 Å². The van der Waals surface area contributed by atoms with Crippen LogP contribution in [-0.4, -0.2) is 33.4 Å². The summed E-state index contributed by atoms with van der Waals surface area (Å²) in [5, 5.41) is 15.9. The molecule has 1 aromatic rings. The summed E-state index contributed by atoms with van der Waals surface area (Å²) < 4.78 is 1.84. The van der Waals surface area contributed by atoms with E-state index in [1.54, 1.807) is 19.2 Å². The molecule has 0 aliphatic carbocycles. The third kappa shape index (κ3) is 4.27. The molecule has 1 unspecified atom stereocenters. The molecule has 0 saturated carbocycles. The lowest BCUT2D eigenvalue weighted by Gasteiger charge is -2.12. The van der Waals surface area contributed by atoms with E-state index in [4.69, 9.17) is 5.11 Å². The predicted molar refractivity (Wildman–Crippen MR) is 61.1 cm³/mol. The zero-order valence-corrected chi connectivity index (χ0v) is 9.55. The number of aromatic nitrogens is 2. The van der Waals surface area contributed by atoms with Crippen LogP contribution in [0.3, 0.4) is 0 Å². The number of nitrogens with one attached hydrogen (secondary N) is 1. The van der Waals surface area contributed by atoms with E-state index >= 15 is 0 Å². The molecule has 5 nitrogen and oxygen atoms in total. The quantitative estimate of drug-likeness (QED) is 0.703. The monoisotopic (exact) mass is 223 g/mol. The lowest BCUT2D eigenvalue weighted by molar-refractivity contribution is -0.132. The van der Waals surface area contributed by atoms with E-state index in [0.717, 1.165) is 6.54 Å². The van der Waals surface area contributed by atoms with Crippen molar-refractivity contribution in [2.24, 2.45) is 0 Å². The van der Waals surface area contributed by atoms with E-state index in [-0.39, 0.29) is 6.04 Å². The van der Waals surface area contributed by atoms with Gasteiger partial charge in [-0.15, -0.1) is 0 Å². The van der Waals surface area contributed by atoms with Gasteiger partial charge in [0.2, 0.25) is 0 Å². The minimum absolute atomic E-state index is 0.248. The molecule has 5 heteroatoms. The van der Waals surface area contributed by atoms with Crippen molar-refractivity contribution in [1.82, 2.24) is 15.1 Å². The highest BCUT2D eigenvalue weighted by Crippen LogP contribution is 1.93. The van der Waals surface area contributed by atoms with Crippen LogP contribution in [0.2, 0.25) is 0 Å². The molecular weight excluding hydrogens is 206 g/mol. The fraction of sp³-hybridized carbons (Fsp3) is 0.455. The Hall–Kier alpha value is -1.62. The first kappa shape index (κ1) is 12.4. The van der Waals surface area contributed by atoms with Gasteiger partial charge in [-0.05, 0) is 19.9 Å². The van der Waals surface area contributed by atoms with Crippen LogP contribution in [0.1, 0.15) is 13.8 Å². The van der Waals surface area contributed by atoms with Crippen LogP contribution in [0.5, 0.6) is 0 Å². The third-order valence-electron chi connectivity index (χ3n) is 2.23. The van der Waals surface area contributed by atoms with Gasteiger partial charge in [-0.1, -0.05) is 6.08 Å². The summed E-state index contributed by atoms with van der Waals surface area (Å²) in [4.78, 5) is 10.5. The molecule has 0 aliphatic heterocycles.